The second-order valence-electron chi connectivity index (χ2n) is 2.99. The van der Waals surface area contributed by atoms with E-state index in [4.69, 9.17) is 10.7 Å². The van der Waals surface area contributed by atoms with E-state index in [0.717, 1.165) is 11.8 Å². The molecule has 0 fully saturated rings. The molecule has 0 saturated carbocycles. The van der Waals surface area contributed by atoms with Crippen molar-refractivity contribution in [3.05, 3.63) is 35.9 Å². The van der Waals surface area contributed by atoms with Gasteiger partial charge in [-0.25, -0.2) is 0 Å². The molecule has 76 valence electrons. The van der Waals surface area contributed by atoms with Crippen LogP contribution in [-0.4, -0.2) is 18.7 Å². The normalized spacial score (nSPS) is 13.3. The van der Waals surface area contributed by atoms with Gasteiger partial charge in [0.25, 0.3) is 0 Å². The monoisotopic (exact) mass is 201 g/mol. The Balaban J connectivity index is 2.93. The van der Waals surface area contributed by atoms with Gasteiger partial charge in [0, 0.05) is 6.21 Å². The van der Waals surface area contributed by atoms with E-state index >= 15 is 0 Å². The van der Waals surface area contributed by atoms with Gasteiger partial charge in [-0.15, -0.1) is 0 Å². The van der Waals surface area contributed by atoms with Crippen molar-refractivity contribution in [3.63, 3.8) is 0 Å². The highest BCUT2D eigenvalue weighted by atomic mass is 16.1. The highest BCUT2D eigenvalue weighted by Gasteiger charge is 2.19. The molecule has 0 aliphatic rings. The molecule has 2 unspecified atom stereocenters. The molecule has 1 rings (SSSR count). The molecule has 0 aliphatic carbocycles. The fourth-order valence-electron chi connectivity index (χ4n) is 1.34. The first-order valence-corrected chi connectivity index (χ1v) is 4.48. The number of nitriles is 1. The first-order valence-electron chi connectivity index (χ1n) is 4.48. The zero-order valence-electron chi connectivity index (χ0n) is 8.05. The van der Waals surface area contributed by atoms with Crippen molar-refractivity contribution in [2.24, 2.45) is 0 Å². The quantitative estimate of drug-likeness (QED) is 0.552. The molecule has 4 heteroatoms. The third-order valence-corrected chi connectivity index (χ3v) is 2.10. The third kappa shape index (κ3) is 2.64. The molecule has 0 bridgehead atoms. The van der Waals surface area contributed by atoms with Crippen molar-refractivity contribution < 1.29 is 4.79 Å². The van der Waals surface area contributed by atoms with Crippen LogP contribution in [0.4, 0.5) is 0 Å². The van der Waals surface area contributed by atoms with Gasteiger partial charge >= 0.3 is 0 Å². The zero-order valence-corrected chi connectivity index (χ0v) is 8.05. The van der Waals surface area contributed by atoms with Gasteiger partial charge in [-0.2, -0.15) is 5.26 Å². The van der Waals surface area contributed by atoms with Crippen LogP contribution in [-0.2, 0) is 4.79 Å². The summed E-state index contributed by atoms with van der Waals surface area (Å²) in [5.74, 6) is -0.520. The van der Waals surface area contributed by atoms with E-state index in [0.29, 0.717) is 6.41 Å². The van der Waals surface area contributed by atoms with E-state index < -0.39 is 12.0 Å². The van der Waals surface area contributed by atoms with Crippen LogP contribution >= 0.6 is 0 Å². The minimum Gasteiger partial charge on any atom is -0.349 e. The number of nitrogens with one attached hydrogen (secondary N) is 2. The molecule has 1 amide bonds. The average Bonchev–Trinajstić information content (AvgIpc) is 2.30. The number of amides is 1. The lowest BCUT2D eigenvalue weighted by molar-refractivity contribution is -0.109. The molecular formula is C11H11N3O. The number of nitrogens with zero attached hydrogens (tertiary/aromatic N) is 1. The topological polar surface area (TPSA) is 76.7 Å². The summed E-state index contributed by atoms with van der Waals surface area (Å²) in [6.07, 6.45) is 1.57. The molecule has 4 nitrogen and oxygen atoms in total. The molecule has 15 heavy (non-hydrogen) atoms. The third-order valence-electron chi connectivity index (χ3n) is 2.10. The highest BCUT2D eigenvalue weighted by molar-refractivity contribution is 5.68. The van der Waals surface area contributed by atoms with Crippen molar-refractivity contribution in [1.82, 2.24) is 5.32 Å². The van der Waals surface area contributed by atoms with Crippen molar-refractivity contribution in [1.29, 1.82) is 10.7 Å². The van der Waals surface area contributed by atoms with E-state index in [-0.39, 0.29) is 0 Å². The van der Waals surface area contributed by atoms with Crippen LogP contribution in [0.3, 0.4) is 0 Å². The lowest BCUT2D eigenvalue weighted by Gasteiger charge is -2.16. The highest BCUT2D eigenvalue weighted by Crippen LogP contribution is 2.17. The lowest BCUT2D eigenvalue weighted by Crippen LogP contribution is -2.34. The molecule has 2 N–H and O–H groups in total. The Morgan fingerprint density at radius 2 is 2.07 bits per heavy atom. The molecule has 1 aromatic carbocycles. The van der Waals surface area contributed by atoms with Crippen molar-refractivity contribution in [3.8, 4) is 6.07 Å². The predicted molar refractivity (Wildman–Crippen MR) is 56.6 cm³/mol. The zero-order chi connectivity index (χ0) is 11.1. The molecule has 0 heterocycles. The van der Waals surface area contributed by atoms with Gasteiger partial charge < -0.3 is 10.7 Å². The molecular weight excluding hydrogens is 190 g/mol. The second kappa shape index (κ2) is 5.55. The van der Waals surface area contributed by atoms with E-state index in [9.17, 15) is 4.79 Å². The molecule has 0 aliphatic heterocycles. The van der Waals surface area contributed by atoms with Gasteiger partial charge in [-0.1, -0.05) is 30.3 Å². The Labute approximate surface area is 88.0 Å². The Morgan fingerprint density at radius 3 is 2.53 bits per heavy atom. The number of benzene rings is 1. The van der Waals surface area contributed by atoms with Gasteiger partial charge in [0.15, 0.2) is 0 Å². The smallest absolute Gasteiger partial charge is 0.207 e. The summed E-state index contributed by atoms with van der Waals surface area (Å²) >= 11 is 0. The first kappa shape index (κ1) is 10.9. The van der Waals surface area contributed by atoms with E-state index in [2.05, 4.69) is 11.4 Å². The number of carbonyl (C=O) groups is 1. The summed E-state index contributed by atoms with van der Waals surface area (Å²) in [7, 11) is 0. The Morgan fingerprint density at radius 1 is 1.40 bits per heavy atom. The first-order chi connectivity index (χ1) is 7.33. The van der Waals surface area contributed by atoms with Crippen molar-refractivity contribution in [2.45, 2.75) is 12.0 Å². The summed E-state index contributed by atoms with van der Waals surface area (Å²) in [5.41, 5.74) is 0.794. The standard InChI is InChI=1S/C11H11N3O/c12-6-10(11(7-13)14-8-15)9-4-2-1-3-5-9/h1-5,7-8,10-11,13H,(H,14,15). The molecule has 0 radical (unpaired) electrons. The van der Waals surface area contributed by atoms with Crippen LogP contribution in [0.15, 0.2) is 30.3 Å². The fourth-order valence-corrected chi connectivity index (χ4v) is 1.34. The van der Waals surface area contributed by atoms with Crippen molar-refractivity contribution >= 4 is 12.6 Å². The minimum absolute atomic E-state index is 0.503. The van der Waals surface area contributed by atoms with E-state index in [1.54, 1.807) is 12.1 Å². The van der Waals surface area contributed by atoms with E-state index in [1.807, 2.05) is 18.2 Å². The Bertz CT molecular complexity index is 369. The molecule has 0 saturated heterocycles. The SMILES string of the molecule is N#CC(c1ccccc1)C(C=N)NC=O. The molecule has 1 aromatic rings. The maximum absolute atomic E-state index is 10.3. The maximum Gasteiger partial charge on any atom is 0.207 e. The van der Waals surface area contributed by atoms with Gasteiger partial charge in [0.1, 0.15) is 0 Å². The number of hydrogen-bond donors (Lipinski definition) is 2. The Kier molecular flexibility index (Phi) is 4.05. The van der Waals surface area contributed by atoms with Crippen molar-refractivity contribution in [2.75, 3.05) is 0 Å². The van der Waals surface area contributed by atoms with Crippen LogP contribution in [0.1, 0.15) is 11.5 Å². The summed E-state index contributed by atoms with van der Waals surface area (Å²) in [4.78, 5) is 10.3. The molecule has 2 atom stereocenters. The maximum atomic E-state index is 10.3. The van der Waals surface area contributed by atoms with Crippen LogP contribution < -0.4 is 5.32 Å². The fraction of sp³-hybridized carbons (Fsp3) is 0.182. The van der Waals surface area contributed by atoms with Crippen LogP contribution in [0.5, 0.6) is 0 Å². The number of carbonyl (C=O) groups excluding carboxylic acids is 1. The predicted octanol–water partition coefficient (Wildman–Crippen LogP) is 1.06. The number of rotatable bonds is 5. The average molecular weight is 201 g/mol. The minimum atomic E-state index is -0.574. The lowest BCUT2D eigenvalue weighted by atomic mass is 9.93. The summed E-state index contributed by atoms with van der Waals surface area (Å²) in [6, 6.07) is 10.6. The van der Waals surface area contributed by atoms with Gasteiger partial charge in [0.05, 0.1) is 18.0 Å². The van der Waals surface area contributed by atoms with Crippen LogP contribution in [0.2, 0.25) is 0 Å². The summed E-state index contributed by atoms with van der Waals surface area (Å²) in [6.45, 7) is 0. The largest absolute Gasteiger partial charge is 0.349 e. The van der Waals surface area contributed by atoms with Gasteiger partial charge in [-0.05, 0) is 5.56 Å². The van der Waals surface area contributed by atoms with E-state index in [1.165, 1.54) is 0 Å². The van der Waals surface area contributed by atoms with Gasteiger partial charge in [0.2, 0.25) is 6.41 Å². The molecule has 0 aromatic heterocycles. The second-order valence-corrected chi connectivity index (χ2v) is 2.99. The number of hydrogen-bond acceptors (Lipinski definition) is 3. The van der Waals surface area contributed by atoms with Crippen LogP contribution in [0, 0.1) is 16.7 Å². The van der Waals surface area contributed by atoms with Crippen LogP contribution in [0.25, 0.3) is 0 Å². The summed E-state index contributed by atoms with van der Waals surface area (Å²) in [5, 5.41) is 18.6. The van der Waals surface area contributed by atoms with Gasteiger partial charge in [-0.3, -0.25) is 4.79 Å². The Hall–Kier alpha value is -2.15. The summed E-state index contributed by atoms with van der Waals surface area (Å²) < 4.78 is 0. The molecule has 0 spiro atoms.